The highest BCUT2D eigenvalue weighted by molar-refractivity contribution is 6.46. The van der Waals surface area contributed by atoms with E-state index in [9.17, 15) is 14.7 Å². The van der Waals surface area contributed by atoms with Crippen molar-refractivity contribution in [3.63, 3.8) is 0 Å². The molecule has 0 radical (unpaired) electrons. The predicted octanol–water partition coefficient (Wildman–Crippen LogP) is 4.78. The van der Waals surface area contributed by atoms with Gasteiger partial charge in [0, 0.05) is 11.1 Å². The fraction of sp³-hybridized carbons (Fsp3) is 0.231. The van der Waals surface area contributed by atoms with Crippen LogP contribution in [0.25, 0.3) is 5.76 Å². The first-order valence-corrected chi connectivity index (χ1v) is 10.5. The van der Waals surface area contributed by atoms with Gasteiger partial charge in [-0.3, -0.25) is 9.59 Å². The average molecular weight is 431 g/mol. The summed E-state index contributed by atoms with van der Waals surface area (Å²) in [5.41, 5.74) is 2.35. The van der Waals surface area contributed by atoms with Crippen molar-refractivity contribution in [2.24, 2.45) is 0 Å². The minimum absolute atomic E-state index is 0.0171. The number of rotatable bonds is 6. The van der Waals surface area contributed by atoms with Gasteiger partial charge in [0.05, 0.1) is 19.2 Å². The van der Waals surface area contributed by atoms with Crippen molar-refractivity contribution >= 4 is 17.4 Å². The molecule has 0 aliphatic carbocycles. The fourth-order valence-electron chi connectivity index (χ4n) is 4.01. The van der Waals surface area contributed by atoms with E-state index >= 15 is 0 Å². The van der Waals surface area contributed by atoms with Gasteiger partial charge < -0.3 is 19.2 Å². The maximum Gasteiger partial charge on any atom is 0.296 e. The highest BCUT2D eigenvalue weighted by Gasteiger charge is 2.47. The second kappa shape index (κ2) is 8.75. The van der Waals surface area contributed by atoms with Crippen molar-refractivity contribution in [1.82, 2.24) is 4.90 Å². The Morgan fingerprint density at radius 3 is 2.41 bits per heavy atom. The van der Waals surface area contributed by atoms with E-state index in [0.717, 1.165) is 17.5 Å². The summed E-state index contributed by atoms with van der Waals surface area (Å²) < 4.78 is 11.2. The maximum absolute atomic E-state index is 13.1. The van der Waals surface area contributed by atoms with Gasteiger partial charge in [-0.25, -0.2) is 0 Å². The van der Waals surface area contributed by atoms with Crippen molar-refractivity contribution < 1.29 is 23.8 Å². The number of ketones is 1. The van der Waals surface area contributed by atoms with E-state index in [1.807, 2.05) is 37.3 Å². The Hall–Kier alpha value is -3.80. The Balaban J connectivity index is 1.83. The molecule has 4 rings (SSSR count). The molecule has 6 nitrogen and oxygen atoms in total. The third kappa shape index (κ3) is 3.80. The number of Topliss-reactive ketones (excluding diaryl/α,β-unsaturated/α-hetero) is 1. The van der Waals surface area contributed by atoms with Crippen LogP contribution in [0.15, 0.2) is 70.7 Å². The van der Waals surface area contributed by atoms with E-state index < -0.39 is 17.7 Å². The molecule has 0 spiro atoms. The number of likely N-dealkylation sites (tertiary alicyclic amines) is 1. The number of carbonyl (C=O) groups excluding carboxylic acids is 2. The second-order valence-corrected chi connectivity index (χ2v) is 7.74. The van der Waals surface area contributed by atoms with Gasteiger partial charge in [0.1, 0.15) is 29.1 Å². The highest BCUT2D eigenvalue weighted by Crippen LogP contribution is 2.41. The number of ether oxygens (including phenoxy) is 1. The summed E-state index contributed by atoms with van der Waals surface area (Å²) in [7, 11) is 1.56. The fourth-order valence-corrected chi connectivity index (χ4v) is 4.01. The molecule has 1 N–H and O–H groups in total. The van der Waals surface area contributed by atoms with Crippen LogP contribution in [0.5, 0.6) is 5.75 Å². The summed E-state index contributed by atoms with van der Waals surface area (Å²) in [5.74, 6) is 0.0303. The van der Waals surface area contributed by atoms with E-state index in [4.69, 9.17) is 9.15 Å². The number of methoxy groups -OCH3 is 1. The SMILES string of the molecule is CCc1ccc(/C(O)=C2\C(=O)C(=O)N(Cc3ccccc3OC)C2c2ccc(C)o2)cc1. The van der Waals surface area contributed by atoms with Crippen molar-refractivity contribution in [2.45, 2.75) is 32.9 Å². The van der Waals surface area contributed by atoms with Crippen LogP contribution in [-0.4, -0.2) is 28.8 Å². The monoisotopic (exact) mass is 431 g/mol. The van der Waals surface area contributed by atoms with Crippen LogP contribution in [0.1, 0.15) is 41.2 Å². The summed E-state index contributed by atoms with van der Waals surface area (Å²) in [6.07, 6.45) is 0.857. The van der Waals surface area contributed by atoms with Crippen LogP contribution in [0, 0.1) is 6.92 Å². The van der Waals surface area contributed by atoms with Gasteiger partial charge in [-0.1, -0.05) is 49.4 Å². The quantitative estimate of drug-likeness (QED) is 0.345. The Morgan fingerprint density at radius 1 is 1.06 bits per heavy atom. The van der Waals surface area contributed by atoms with Gasteiger partial charge in [0.15, 0.2) is 0 Å². The minimum Gasteiger partial charge on any atom is -0.507 e. The lowest BCUT2D eigenvalue weighted by atomic mass is 9.98. The molecule has 0 bridgehead atoms. The summed E-state index contributed by atoms with van der Waals surface area (Å²) in [6, 6.07) is 17.3. The zero-order valence-electron chi connectivity index (χ0n) is 18.3. The van der Waals surface area contributed by atoms with Gasteiger partial charge in [-0.15, -0.1) is 0 Å². The summed E-state index contributed by atoms with van der Waals surface area (Å²) in [6.45, 7) is 3.96. The third-order valence-electron chi connectivity index (χ3n) is 5.74. The lowest BCUT2D eigenvalue weighted by molar-refractivity contribution is -0.140. The topological polar surface area (TPSA) is 80.0 Å². The smallest absolute Gasteiger partial charge is 0.296 e. The highest BCUT2D eigenvalue weighted by atomic mass is 16.5. The van der Waals surface area contributed by atoms with E-state index in [-0.39, 0.29) is 17.9 Å². The van der Waals surface area contributed by atoms with Crippen molar-refractivity contribution in [2.75, 3.05) is 7.11 Å². The van der Waals surface area contributed by atoms with Crippen LogP contribution in [-0.2, 0) is 22.6 Å². The standard InChI is InChI=1S/C26H25NO5/c1-4-17-10-12-18(13-11-17)24(28)22-23(21-14-9-16(2)32-21)27(26(30)25(22)29)15-19-7-5-6-8-20(19)31-3/h5-14,23,28H,4,15H2,1-3H3/b24-22+. The molecule has 1 saturated heterocycles. The lowest BCUT2D eigenvalue weighted by Crippen LogP contribution is -2.29. The molecule has 1 fully saturated rings. The van der Waals surface area contributed by atoms with Gasteiger partial charge in [-0.2, -0.15) is 0 Å². The second-order valence-electron chi connectivity index (χ2n) is 7.74. The van der Waals surface area contributed by atoms with Crippen LogP contribution in [0.4, 0.5) is 0 Å². The number of para-hydroxylation sites is 1. The normalized spacial score (nSPS) is 17.7. The van der Waals surface area contributed by atoms with Crippen LogP contribution in [0.3, 0.4) is 0 Å². The Labute approximate surface area is 186 Å². The van der Waals surface area contributed by atoms with Crippen LogP contribution in [0.2, 0.25) is 0 Å². The number of nitrogens with zero attached hydrogens (tertiary/aromatic N) is 1. The number of furan rings is 1. The van der Waals surface area contributed by atoms with Gasteiger partial charge in [0.25, 0.3) is 11.7 Å². The number of aryl methyl sites for hydroxylation is 2. The van der Waals surface area contributed by atoms with Crippen molar-refractivity contribution in [3.8, 4) is 5.75 Å². The van der Waals surface area contributed by atoms with E-state index in [1.54, 1.807) is 44.4 Å². The molecule has 1 aliphatic rings. The van der Waals surface area contributed by atoms with E-state index in [2.05, 4.69) is 0 Å². The third-order valence-corrected chi connectivity index (χ3v) is 5.74. The molecule has 32 heavy (non-hydrogen) atoms. The number of benzene rings is 2. The Morgan fingerprint density at radius 2 is 1.78 bits per heavy atom. The molecule has 2 aromatic carbocycles. The molecule has 3 aromatic rings. The predicted molar refractivity (Wildman–Crippen MR) is 120 cm³/mol. The summed E-state index contributed by atoms with van der Waals surface area (Å²) in [4.78, 5) is 27.6. The molecule has 6 heteroatoms. The minimum atomic E-state index is -0.848. The number of aliphatic hydroxyl groups is 1. The molecule has 1 unspecified atom stereocenters. The van der Waals surface area contributed by atoms with E-state index in [1.165, 1.54) is 4.90 Å². The van der Waals surface area contributed by atoms with Gasteiger partial charge >= 0.3 is 0 Å². The molecular weight excluding hydrogens is 406 g/mol. The zero-order valence-corrected chi connectivity index (χ0v) is 18.3. The number of aliphatic hydroxyl groups excluding tert-OH is 1. The molecule has 1 amide bonds. The average Bonchev–Trinajstić information content (AvgIpc) is 3.35. The van der Waals surface area contributed by atoms with E-state index in [0.29, 0.717) is 22.8 Å². The summed E-state index contributed by atoms with van der Waals surface area (Å²) >= 11 is 0. The first-order chi connectivity index (χ1) is 15.4. The molecule has 0 saturated carbocycles. The molecule has 164 valence electrons. The number of hydrogen-bond acceptors (Lipinski definition) is 5. The van der Waals surface area contributed by atoms with Crippen LogP contribution >= 0.6 is 0 Å². The first-order valence-electron chi connectivity index (χ1n) is 10.5. The molecule has 1 aliphatic heterocycles. The summed E-state index contributed by atoms with van der Waals surface area (Å²) in [5, 5.41) is 11.1. The number of amides is 1. The maximum atomic E-state index is 13.1. The van der Waals surface area contributed by atoms with Gasteiger partial charge in [-0.05, 0) is 37.1 Å². The zero-order chi connectivity index (χ0) is 22.8. The van der Waals surface area contributed by atoms with Crippen molar-refractivity contribution in [3.05, 3.63) is 94.4 Å². The molecule has 1 atom stereocenters. The van der Waals surface area contributed by atoms with Crippen molar-refractivity contribution in [1.29, 1.82) is 0 Å². The molecular formula is C26H25NO5. The first kappa shape index (κ1) is 21.4. The molecule has 1 aromatic heterocycles. The Bertz CT molecular complexity index is 1190. The number of hydrogen-bond donors (Lipinski definition) is 1. The molecule has 2 heterocycles. The number of carbonyl (C=O) groups is 2. The Kier molecular flexibility index (Phi) is 5.86. The largest absolute Gasteiger partial charge is 0.507 e. The van der Waals surface area contributed by atoms with Gasteiger partial charge in [0.2, 0.25) is 0 Å². The lowest BCUT2D eigenvalue weighted by Gasteiger charge is -2.24. The van der Waals surface area contributed by atoms with Crippen LogP contribution < -0.4 is 4.74 Å².